The number of rotatable bonds is 0. The fourth-order valence-electron chi connectivity index (χ4n) is 1.72. The number of nitrogens with one attached hydrogen (secondary N) is 1. The molecule has 0 unspecified atom stereocenters. The zero-order chi connectivity index (χ0) is 10.4. The van der Waals surface area contributed by atoms with Crippen LogP contribution in [0.3, 0.4) is 0 Å². The lowest BCUT2D eigenvalue weighted by atomic mass is 10.2. The van der Waals surface area contributed by atoms with Crippen molar-refractivity contribution in [2.75, 3.05) is 5.73 Å². The predicted molar refractivity (Wildman–Crippen MR) is 55.8 cm³/mol. The van der Waals surface area contributed by atoms with Crippen LogP contribution in [0, 0.1) is 5.82 Å². The van der Waals surface area contributed by atoms with Crippen LogP contribution in [-0.2, 0) is 0 Å². The third-order valence-corrected chi connectivity index (χ3v) is 2.38. The van der Waals surface area contributed by atoms with Gasteiger partial charge in [0, 0.05) is 5.39 Å². The minimum absolute atomic E-state index is 0.291. The van der Waals surface area contributed by atoms with Gasteiger partial charge in [0.1, 0.15) is 23.6 Å². The van der Waals surface area contributed by atoms with Crippen molar-refractivity contribution in [1.29, 1.82) is 0 Å². The van der Waals surface area contributed by atoms with Crippen LogP contribution in [0.1, 0.15) is 0 Å². The summed E-state index contributed by atoms with van der Waals surface area (Å²) in [5, 5.41) is 1.58. The Hall–Kier alpha value is -2.17. The number of anilines is 1. The van der Waals surface area contributed by atoms with Crippen molar-refractivity contribution in [3.8, 4) is 0 Å². The number of aromatic amines is 1. The molecule has 4 nitrogen and oxygen atoms in total. The van der Waals surface area contributed by atoms with Crippen LogP contribution >= 0.6 is 0 Å². The summed E-state index contributed by atoms with van der Waals surface area (Å²) < 4.78 is 13.0. The van der Waals surface area contributed by atoms with Gasteiger partial charge in [-0.3, -0.25) is 0 Å². The first-order valence-corrected chi connectivity index (χ1v) is 4.43. The maximum atomic E-state index is 13.0. The second-order valence-corrected chi connectivity index (χ2v) is 3.30. The lowest BCUT2D eigenvalue weighted by Gasteiger charge is -1.93. The summed E-state index contributed by atoms with van der Waals surface area (Å²) in [6.45, 7) is 0. The molecule has 15 heavy (non-hydrogen) atoms. The molecule has 0 fully saturated rings. The Morgan fingerprint density at radius 2 is 2.13 bits per heavy atom. The van der Waals surface area contributed by atoms with Crippen LogP contribution in [0.2, 0.25) is 0 Å². The first kappa shape index (κ1) is 8.16. The number of H-pyrrole nitrogens is 1. The topological polar surface area (TPSA) is 67.6 Å². The average molecular weight is 202 g/mol. The molecule has 0 spiro atoms. The number of nitrogens with zero attached hydrogens (tertiary/aromatic N) is 2. The molecule has 74 valence electrons. The van der Waals surface area contributed by atoms with Gasteiger partial charge < -0.3 is 10.7 Å². The van der Waals surface area contributed by atoms with E-state index >= 15 is 0 Å². The number of halogens is 1. The van der Waals surface area contributed by atoms with Crippen LogP contribution < -0.4 is 5.73 Å². The van der Waals surface area contributed by atoms with E-state index in [2.05, 4.69) is 15.0 Å². The highest BCUT2D eigenvalue weighted by molar-refractivity contribution is 6.10. The molecule has 2 heterocycles. The average Bonchev–Trinajstić information content (AvgIpc) is 2.56. The molecule has 3 aromatic rings. The standard InChI is InChI=1S/C10H7FN4/c11-5-1-2-6-7(3-5)15-10-8(6)9(12)13-4-14-10/h1-4H,(H3,12,13,14,15). The monoisotopic (exact) mass is 202 g/mol. The van der Waals surface area contributed by atoms with Gasteiger partial charge in [-0.25, -0.2) is 14.4 Å². The van der Waals surface area contributed by atoms with Crippen LogP contribution in [0.5, 0.6) is 0 Å². The smallest absolute Gasteiger partial charge is 0.143 e. The fraction of sp³-hybridized carbons (Fsp3) is 0. The maximum absolute atomic E-state index is 13.0. The molecule has 5 heteroatoms. The van der Waals surface area contributed by atoms with Gasteiger partial charge in [0.2, 0.25) is 0 Å². The van der Waals surface area contributed by atoms with Gasteiger partial charge in [-0.2, -0.15) is 0 Å². The molecular formula is C10H7FN4. The number of nitrogen functional groups attached to an aromatic ring is 1. The second kappa shape index (κ2) is 2.66. The van der Waals surface area contributed by atoms with E-state index in [-0.39, 0.29) is 5.82 Å². The number of benzene rings is 1. The first-order valence-electron chi connectivity index (χ1n) is 4.43. The van der Waals surface area contributed by atoms with Crippen molar-refractivity contribution in [3.63, 3.8) is 0 Å². The molecule has 0 aliphatic heterocycles. The van der Waals surface area contributed by atoms with Crippen molar-refractivity contribution in [3.05, 3.63) is 30.3 Å². The third kappa shape index (κ3) is 1.06. The van der Waals surface area contributed by atoms with E-state index in [1.807, 2.05) is 0 Å². The first-order chi connectivity index (χ1) is 7.25. The highest BCUT2D eigenvalue weighted by Gasteiger charge is 2.08. The molecule has 0 aliphatic rings. The Labute approximate surface area is 83.9 Å². The number of fused-ring (bicyclic) bond motifs is 3. The van der Waals surface area contributed by atoms with E-state index in [1.165, 1.54) is 18.5 Å². The second-order valence-electron chi connectivity index (χ2n) is 3.30. The molecule has 3 N–H and O–H groups in total. The van der Waals surface area contributed by atoms with E-state index < -0.39 is 0 Å². The van der Waals surface area contributed by atoms with Gasteiger partial charge in [-0.15, -0.1) is 0 Å². The lowest BCUT2D eigenvalue weighted by molar-refractivity contribution is 0.629. The van der Waals surface area contributed by atoms with Gasteiger partial charge in [0.15, 0.2) is 0 Å². The Bertz CT molecular complexity index is 659. The van der Waals surface area contributed by atoms with Crippen molar-refractivity contribution >= 4 is 27.8 Å². The molecule has 0 amide bonds. The van der Waals surface area contributed by atoms with Gasteiger partial charge in [0.05, 0.1) is 10.9 Å². The molecule has 0 radical (unpaired) electrons. The normalized spacial score (nSPS) is 11.3. The van der Waals surface area contributed by atoms with Crippen molar-refractivity contribution < 1.29 is 4.39 Å². The number of aromatic nitrogens is 3. The summed E-state index contributed by atoms with van der Waals surface area (Å²) in [6, 6.07) is 4.47. The molecule has 2 aromatic heterocycles. The molecule has 3 rings (SSSR count). The van der Waals surface area contributed by atoms with Gasteiger partial charge in [-0.05, 0) is 18.2 Å². The van der Waals surface area contributed by atoms with Crippen molar-refractivity contribution in [2.24, 2.45) is 0 Å². The molecule has 0 atom stereocenters. The Balaban J connectivity index is 2.59. The van der Waals surface area contributed by atoms with Crippen molar-refractivity contribution in [1.82, 2.24) is 15.0 Å². The quantitative estimate of drug-likeness (QED) is 0.584. The number of hydrogen-bond acceptors (Lipinski definition) is 3. The summed E-state index contributed by atoms with van der Waals surface area (Å²) in [5.41, 5.74) is 7.05. The van der Waals surface area contributed by atoms with E-state index in [0.29, 0.717) is 17.0 Å². The van der Waals surface area contributed by atoms with Gasteiger partial charge in [-0.1, -0.05) is 0 Å². The summed E-state index contributed by atoms with van der Waals surface area (Å²) in [7, 11) is 0. The maximum Gasteiger partial charge on any atom is 0.143 e. The zero-order valence-corrected chi connectivity index (χ0v) is 7.66. The molecule has 0 saturated carbocycles. The molecule has 0 aliphatic carbocycles. The van der Waals surface area contributed by atoms with E-state index in [1.54, 1.807) is 6.07 Å². The van der Waals surface area contributed by atoms with E-state index in [9.17, 15) is 4.39 Å². The number of hydrogen-bond donors (Lipinski definition) is 2. The largest absolute Gasteiger partial charge is 0.383 e. The minimum atomic E-state index is -0.291. The highest BCUT2D eigenvalue weighted by atomic mass is 19.1. The molecular weight excluding hydrogens is 195 g/mol. The van der Waals surface area contributed by atoms with Crippen molar-refractivity contribution in [2.45, 2.75) is 0 Å². The third-order valence-electron chi connectivity index (χ3n) is 2.38. The van der Waals surface area contributed by atoms with Crippen LogP contribution in [0.15, 0.2) is 24.5 Å². The van der Waals surface area contributed by atoms with Gasteiger partial charge >= 0.3 is 0 Å². The van der Waals surface area contributed by atoms with Crippen LogP contribution in [0.4, 0.5) is 10.2 Å². The summed E-state index contributed by atoms with van der Waals surface area (Å²) >= 11 is 0. The summed E-state index contributed by atoms with van der Waals surface area (Å²) in [4.78, 5) is 10.9. The van der Waals surface area contributed by atoms with Crippen LogP contribution in [-0.4, -0.2) is 15.0 Å². The Kier molecular flexibility index (Phi) is 1.45. The predicted octanol–water partition coefficient (Wildman–Crippen LogP) is 1.83. The summed E-state index contributed by atoms with van der Waals surface area (Å²) in [5.74, 6) is 0.110. The molecule has 0 bridgehead atoms. The fourth-order valence-corrected chi connectivity index (χ4v) is 1.72. The summed E-state index contributed by atoms with van der Waals surface area (Å²) in [6.07, 6.45) is 1.38. The Morgan fingerprint density at radius 1 is 1.27 bits per heavy atom. The molecule has 0 saturated heterocycles. The SMILES string of the molecule is Nc1ncnc2[nH]c3cc(F)ccc3c12. The van der Waals surface area contributed by atoms with Crippen LogP contribution in [0.25, 0.3) is 21.9 Å². The van der Waals surface area contributed by atoms with Gasteiger partial charge in [0.25, 0.3) is 0 Å². The van der Waals surface area contributed by atoms with E-state index in [4.69, 9.17) is 5.73 Å². The zero-order valence-electron chi connectivity index (χ0n) is 7.66. The molecule has 1 aromatic carbocycles. The highest BCUT2D eigenvalue weighted by Crippen LogP contribution is 2.27. The lowest BCUT2D eigenvalue weighted by Crippen LogP contribution is -1.91. The Morgan fingerprint density at radius 3 is 3.00 bits per heavy atom. The van der Waals surface area contributed by atoms with E-state index in [0.717, 1.165) is 10.8 Å². The number of nitrogens with two attached hydrogens (primary N) is 1. The minimum Gasteiger partial charge on any atom is -0.383 e.